The molecule has 0 aliphatic rings. The van der Waals surface area contributed by atoms with Gasteiger partial charge in [0.05, 0.1) is 17.5 Å². The van der Waals surface area contributed by atoms with E-state index in [1.807, 2.05) is 47.9 Å². The molecule has 0 saturated heterocycles. The Hall–Kier alpha value is -2.77. The van der Waals surface area contributed by atoms with Crippen LogP contribution in [0.3, 0.4) is 0 Å². The molecule has 0 spiro atoms. The minimum atomic E-state index is -3.45. The summed E-state index contributed by atoms with van der Waals surface area (Å²) in [7, 11) is -3.45. The Kier molecular flexibility index (Phi) is 5.76. The number of halogens is 1. The summed E-state index contributed by atoms with van der Waals surface area (Å²) < 4.78 is 27.2. The van der Waals surface area contributed by atoms with Crippen LogP contribution in [0.2, 0.25) is 5.02 Å². The summed E-state index contributed by atoms with van der Waals surface area (Å²) in [6, 6.07) is 16.2. The lowest BCUT2D eigenvalue weighted by molar-refractivity contribution is 0.102. The second-order valence-corrected chi connectivity index (χ2v) is 8.51. The van der Waals surface area contributed by atoms with E-state index in [9.17, 15) is 13.2 Å². The fraction of sp³-hybridized carbons (Fsp3) is 0.150. The number of rotatable bonds is 6. The van der Waals surface area contributed by atoms with Gasteiger partial charge in [-0.25, -0.2) is 8.42 Å². The summed E-state index contributed by atoms with van der Waals surface area (Å²) >= 11 is 6.05. The van der Waals surface area contributed by atoms with E-state index in [0.717, 1.165) is 24.1 Å². The van der Waals surface area contributed by atoms with Crippen molar-refractivity contribution in [3.8, 4) is 11.3 Å². The van der Waals surface area contributed by atoms with Crippen LogP contribution in [-0.2, 0) is 16.6 Å². The summed E-state index contributed by atoms with van der Waals surface area (Å²) in [6.07, 6.45) is 2.84. The van der Waals surface area contributed by atoms with Crippen LogP contribution >= 0.6 is 11.6 Å². The molecule has 2 N–H and O–H groups in total. The average molecular weight is 418 g/mol. The van der Waals surface area contributed by atoms with E-state index in [-0.39, 0.29) is 11.6 Å². The van der Waals surface area contributed by atoms with E-state index < -0.39 is 10.0 Å². The third kappa shape index (κ3) is 4.94. The molecule has 1 heterocycles. The van der Waals surface area contributed by atoms with Crippen LogP contribution in [0.4, 0.5) is 11.4 Å². The maximum absolute atomic E-state index is 12.7. The third-order valence-electron chi connectivity index (χ3n) is 4.03. The van der Waals surface area contributed by atoms with Crippen LogP contribution < -0.4 is 10.0 Å². The van der Waals surface area contributed by atoms with Crippen molar-refractivity contribution in [2.24, 2.45) is 0 Å². The topological polar surface area (TPSA) is 80.2 Å². The molecule has 0 fully saturated rings. The number of hydrogen-bond donors (Lipinski definition) is 2. The van der Waals surface area contributed by atoms with Gasteiger partial charge < -0.3 is 9.88 Å². The molecule has 28 heavy (non-hydrogen) atoms. The standard InChI is InChI=1S/C20H20ClN3O3S/c1-3-24-13-15(9-19(24)14-7-5-4-6-8-14)20(25)22-17-10-16(21)11-18(12-17)23-28(2,26)27/h4-13,23H,3H2,1-2H3,(H,22,25). The first kappa shape index (κ1) is 20.0. The average Bonchev–Trinajstić information content (AvgIpc) is 3.05. The molecule has 2 aromatic carbocycles. The monoisotopic (exact) mass is 417 g/mol. The lowest BCUT2D eigenvalue weighted by Gasteiger charge is -2.09. The zero-order valence-electron chi connectivity index (χ0n) is 15.4. The molecule has 0 radical (unpaired) electrons. The highest BCUT2D eigenvalue weighted by Crippen LogP contribution is 2.26. The van der Waals surface area contributed by atoms with Crippen molar-refractivity contribution in [1.29, 1.82) is 0 Å². The number of benzene rings is 2. The summed E-state index contributed by atoms with van der Waals surface area (Å²) in [4.78, 5) is 12.7. The zero-order valence-corrected chi connectivity index (χ0v) is 17.0. The van der Waals surface area contributed by atoms with Gasteiger partial charge in [0, 0.05) is 29.1 Å². The van der Waals surface area contributed by atoms with Crippen LogP contribution in [0.5, 0.6) is 0 Å². The van der Waals surface area contributed by atoms with E-state index in [2.05, 4.69) is 10.0 Å². The van der Waals surface area contributed by atoms with Crippen LogP contribution in [-0.4, -0.2) is 25.1 Å². The van der Waals surface area contributed by atoms with Gasteiger partial charge in [0.2, 0.25) is 10.0 Å². The normalized spacial score (nSPS) is 11.2. The summed E-state index contributed by atoms with van der Waals surface area (Å²) in [5, 5.41) is 3.08. The maximum Gasteiger partial charge on any atom is 0.257 e. The van der Waals surface area contributed by atoms with E-state index in [4.69, 9.17) is 11.6 Å². The van der Waals surface area contributed by atoms with Crippen molar-refractivity contribution in [3.63, 3.8) is 0 Å². The number of hydrogen-bond acceptors (Lipinski definition) is 3. The van der Waals surface area contributed by atoms with E-state index in [1.165, 1.54) is 12.1 Å². The lowest BCUT2D eigenvalue weighted by atomic mass is 10.1. The zero-order chi connectivity index (χ0) is 20.3. The van der Waals surface area contributed by atoms with Crippen molar-refractivity contribution in [2.45, 2.75) is 13.5 Å². The number of nitrogens with one attached hydrogen (secondary N) is 2. The first-order valence-corrected chi connectivity index (χ1v) is 10.9. The van der Waals surface area contributed by atoms with Crippen LogP contribution in [0.15, 0.2) is 60.8 Å². The summed E-state index contributed by atoms with van der Waals surface area (Å²) in [5.41, 5.74) is 3.14. The number of carbonyl (C=O) groups excluding carboxylic acids is 1. The fourth-order valence-electron chi connectivity index (χ4n) is 2.89. The summed E-state index contributed by atoms with van der Waals surface area (Å²) in [6.45, 7) is 2.73. The smallest absolute Gasteiger partial charge is 0.257 e. The van der Waals surface area contributed by atoms with E-state index in [0.29, 0.717) is 16.3 Å². The van der Waals surface area contributed by atoms with Gasteiger partial charge in [-0.15, -0.1) is 0 Å². The first-order valence-electron chi connectivity index (χ1n) is 8.60. The minimum absolute atomic E-state index is 0.279. The Morgan fingerprint density at radius 1 is 1.07 bits per heavy atom. The highest BCUT2D eigenvalue weighted by Gasteiger charge is 2.14. The molecule has 0 unspecified atom stereocenters. The molecule has 3 rings (SSSR count). The number of aryl methyl sites for hydroxylation is 1. The minimum Gasteiger partial charge on any atom is -0.347 e. The Balaban J connectivity index is 1.87. The molecular weight excluding hydrogens is 398 g/mol. The van der Waals surface area contributed by atoms with Gasteiger partial charge in [0.25, 0.3) is 5.91 Å². The molecule has 0 bridgehead atoms. The van der Waals surface area contributed by atoms with Crippen molar-refractivity contribution >= 4 is 38.9 Å². The van der Waals surface area contributed by atoms with Crippen LogP contribution in [0.25, 0.3) is 11.3 Å². The van der Waals surface area contributed by atoms with Gasteiger partial charge in [-0.05, 0) is 36.8 Å². The number of amides is 1. The SMILES string of the molecule is CCn1cc(C(=O)Nc2cc(Cl)cc(NS(C)(=O)=O)c2)cc1-c1ccccc1. The van der Waals surface area contributed by atoms with E-state index in [1.54, 1.807) is 12.3 Å². The van der Waals surface area contributed by atoms with Gasteiger partial charge in [-0.3, -0.25) is 9.52 Å². The Labute approximate surface area is 169 Å². The molecule has 1 amide bonds. The molecule has 1 aromatic heterocycles. The van der Waals surface area contributed by atoms with Gasteiger partial charge >= 0.3 is 0 Å². The molecule has 0 aliphatic heterocycles. The second kappa shape index (κ2) is 8.08. The molecule has 8 heteroatoms. The van der Waals surface area contributed by atoms with Crippen molar-refractivity contribution in [3.05, 3.63) is 71.4 Å². The van der Waals surface area contributed by atoms with Crippen molar-refractivity contribution < 1.29 is 13.2 Å². The maximum atomic E-state index is 12.7. The number of nitrogens with zero attached hydrogens (tertiary/aromatic N) is 1. The van der Waals surface area contributed by atoms with E-state index >= 15 is 0 Å². The van der Waals surface area contributed by atoms with Gasteiger partial charge in [0.1, 0.15) is 0 Å². The number of carbonyl (C=O) groups is 1. The predicted molar refractivity (Wildman–Crippen MR) is 113 cm³/mol. The molecule has 0 atom stereocenters. The molecule has 0 saturated carbocycles. The molecule has 146 valence electrons. The highest BCUT2D eigenvalue weighted by atomic mass is 35.5. The quantitative estimate of drug-likeness (QED) is 0.621. The van der Waals surface area contributed by atoms with Gasteiger partial charge in [-0.2, -0.15) is 0 Å². The molecule has 3 aromatic rings. The van der Waals surface area contributed by atoms with Crippen molar-refractivity contribution in [2.75, 3.05) is 16.3 Å². The number of aromatic nitrogens is 1. The Morgan fingerprint density at radius 2 is 1.75 bits per heavy atom. The van der Waals surface area contributed by atoms with Crippen molar-refractivity contribution in [1.82, 2.24) is 4.57 Å². The molecule has 0 aliphatic carbocycles. The molecule has 6 nitrogen and oxygen atoms in total. The van der Waals surface area contributed by atoms with Crippen LogP contribution in [0.1, 0.15) is 17.3 Å². The second-order valence-electron chi connectivity index (χ2n) is 6.32. The first-order chi connectivity index (χ1) is 13.2. The number of anilines is 2. The highest BCUT2D eigenvalue weighted by molar-refractivity contribution is 7.92. The fourth-order valence-corrected chi connectivity index (χ4v) is 3.67. The van der Waals surface area contributed by atoms with Crippen LogP contribution in [0, 0.1) is 0 Å². The lowest BCUT2D eigenvalue weighted by Crippen LogP contribution is -2.13. The van der Waals surface area contributed by atoms with Gasteiger partial charge in [-0.1, -0.05) is 41.9 Å². The molecular formula is C20H20ClN3O3S. The number of sulfonamides is 1. The largest absolute Gasteiger partial charge is 0.347 e. The Morgan fingerprint density at radius 3 is 2.39 bits per heavy atom. The van der Waals surface area contributed by atoms with Gasteiger partial charge in [0.15, 0.2) is 0 Å². The Bertz CT molecular complexity index is 1110. The summed E-state index contributed by atoms with van der Waals surface area (Å²) in [5.74, 6) is -0.308. The predicted octanol–water partition coefficient (Wildman–Crippen LogP) is 4.45. The third-order valence-corrected chi connectivity index (χ3v) is 4.85.